The molecule has 0 saturated heterocycles. The molecule has 0 N–H and O–H groups in total. The minimum atomic E-state index is -0.373. The lowest BCUT2D eigenvalue weighted by molar-refractivity contribution is 0.0600. The van der Waals surface area contributed by atoms with Crippen molar-refractivity contribution in [2.75, 3.05) is 14.2 Å². The molecule has 1 aromatic rings. The van der Waals surface area contributed by atoms with Crippen LogP contribution in [0.3, 0.4) is 0 Å². The van der Waals surface area contributed by atoms with Crippen molar-refractivity contribution in [3.63, 3.8) is 0 Å². The molecular weight excluding hydrogens is 242 g/mol. The molecule has 4 heteroatoms. The van der Waals surface area contributed by atoms with Gasteiger partial charge in [-0.2, -0.15) is 0 Å². The van der Waals surface area contributed by atoms with E-state index >= 15 is 0 Å². The van der Waals surface area contributed by atoms with Crippen molar-refractivity contribution in [1.82, 2.24) is 0 Å². The Morgan fingerprint density at radius 2 is 2.05 bits per heavy atom. The molecule has 0 spiro atoms. The molecule has 0 aliphatic carbocycles. The Morgan fingerprint density at radius 3 is 2.74 bits per heavy atom. The Hall–Kier alpha value is -2.28. The molecule has 0 aliphatic rings. The third kappa shape index (κ3) is 4.84. The van der Waals surface area contributed by atoms with E-state index in [2.05, 4.69) is 21.8 Å². The Balaban J connectivity index is 2.73. The van der Waals surface area contributed by atoms with Crippen LogP contribution in [0.1, 0.15) is 35.7 Å². The lowest BCUT2D eigenvalue weighted by Gasteiger charge is -2.01. The molecule has 0 heterocycles. The average Bonchev–Trinajstić information content (AvgIpc) is 2.43. The van der Waals surface area contributed by atoms with Crippen molar-refractivity contribution in [2.24, 2.45) is 5.16 Å². The lowest BCUT2D eigenvalue weighted by Crippen LogP contribution is -2.03. The lowest BCUT2D eigenvalue weighted by atomic mass is 10.1. The summed E-state index contributed by atoms with van der Waals surface area (Å²) in [7, 11) is 2.87. The number of hydrogen-bond donors (Lipinski definition) is 0. The van der Waals surface area contributed by atoms with Gasteiger partial charge in [0.1, 0.15) is 7.11 Å². The normalized spacial score (nSPS) is 10.4. The number of methoxy groups -OCH3 is 1. The third-order valence-electron chi connectivity index (χ3n) is 2.41. The topological polar surface area (TPSA) is 47.9 Å². The molecule has 0 saturated carbocycles. The smallest absolute Gasteiger partial charge is 0.339 e. The van der Waals surface area contributed by atoms with Crippen LogP contribution < -0.4 is 0 Å². The Kier molecular flexibility index (Phi) is 6.17. The van der Waals surface area contributed by atoms with Crippen LogP contribution in [-0.4, -0.2) is 25.9 Å². The molecule has 0 amide bonds. The van der Waals surface area contributed by atoms with Crippen molar-refractivity contribution in [1.29, 1.82) is 0 Å². The van der Waals surface area contributed by atoms with Gasteiger partial charge in [-0.05, 0) is 25.5 Å². The number of rotatable bonds is 4. The van der Waals surface area contributed by atoms with Gasteiger partial charge in [0.25, 0.3) is 0 Å². The number of carbonyl (C=O) groups is 1. The SMILES string of the molecule is CO/N=C(/C)CCC#Cc1ccccc1C(=O)OC. The van der Waals surface area contributed by atoms with Gasteiger partial charge in [-0.1, -0.05) is 29.1 Å². The van der Waals surface area contributed by atoms with E-state index < -0.39 is 0 Å². The van der Waals surface area contributed by atoms with Crippen molar-refractivity contribution in [2.45, 2.75) is 19.8 Å². The summed E-state index contributed by atoms with van der Waals surface area (Å²) in [5, 5.41) is 3.80. The summed E-state index contributed by atoms with van der Waals surface area (Å²) >= 11 is 0. The number of hydrogen-bond acceptors (Lipinski definition) is 4. The van der Waals surface area contributed by atoms with Crippen LogP contribution in [0.2, 0.25) is 0 Å². The average molecular weight is 259 g/mol. The first kappa shape index (κ1) is 14.8. The molecule has 0 bridgehead atoms. The molecule has 0 aromatic heterocycles. The van der Waals surface area contributed by atoms with Gasteiger partial charge < -0.3 is 9.57 Å². The Labute approximate surface area is 113 Å². The highest BCUT2D eigenvalue weighted by Gasteiger charge is 2.08. The monoisotopic (exact) mass is 259 g/mol. The van der Waals surface area contributed by atoms with Crippen LogP contribution in [0, 0.1) is 11.8 Å². The van der Waals surface area contributed by atoms with Crippen LogP contribution in [0.15, 0.2) is 29.4 Å². The fraction of sp³-hybridized carbons (Fsp3) is 0.333. The number of benzene rings is 1. The predicted octanol–water partition coefficient (Wildman–Crippen LogP) is 2.63. The largest absolute Gasteiger partial charge is 0.465 e. The van der Waals surface area contributed by atoms with Gasteiger partial charge in [-0.15, -0.1) is 0 Å². The van der Waals surface area contributed by atoms with E-state index in [0.717, 1.165) is 12.1 Å². The standard InChI is InChI=1S/C15H17NO3/c1-12(16-19-3)8-4-5-9-13-10-6-7-11-14(13)15(17)18-2/h6-7,10-11H,4,8H2,1-3H3/b16-12-. The maximum atomic E-state index is 11.5. The highest BCUT2D eigenvalue weighted by molar-refractivity contribution is 5.92. The first-order valence-electron chi connectivity index (χ1n) is 5.92. The molecule has 1 aromatic carbocycles. The van der Waals surface area contributed by atoms with Crippen molar-refractivity contribution >= 4 is 11.7 Å². The molecule has 0 unspecified atom stereocenters. The Bertz CT molecular complexity index is 524. The van der Waals surface area contributed by atoms with E-state index in [9.17, 15) is 4.79 Å². The van der Waals surface area contributed by atoms with Crippen LogP contribution in [0.25, 0.3) is 0 Å². The highest BCUT2D eigenvalue weighted by Crippen LogP contribution is 2.08. The van der Waals surface area contributed by atoms with Gasteiger partial charge in [0.2, 0.25) is 0 Å². The number of carbonyl (C=O) groups excluding carboxylic acids is 1. The van der Waals surface area contributed by atoms with Gasteiger partial charge in [0.15, 0.2) is 0 Å². The summed E-state index contributed by atoms with van der Waals surface area (Å²) in [5.74, 6) is 5.62. The summed E-state index contributed by atoms with van der Waals surface area (Å²) < 4.78 is 4.71. The van der Waals surface area contributed by atoms with E-state index in [-0.39, 0.29) is 5.97 Å². The van der Waals surface area contributed by atoms with Crippen LogP contribution >= 0.6 is 0 Å². The molecule has 19 heavy (non-hydrogen) atoms. The van der Waals surface area contributed by atoms with E-state index in [4.69, 9.17) is 4.74 Å². The minimum Gasteiger partial charge on any atom is -0.465 e. The molecule has 1 rings (SSSR count). The zero-order chi connectivity index (χ0) is 14.1. The molecule has 0 aliphatic heterocycles. The summed E-state index contributed by atoms with van der Waals surface area (Å²) in [6.45, 7) is 1.88. The van der Waals surface area contributed by atoms with E-state index in [1.165, 1.54) is 14.2 Å². The quantitative estimate of drug-likeness (QED) is 0.361. The summed E-state index contributed by atoms with van der Waals surface area (Å²) in [5.41, 5.74) is 2.05. The second-order valence-corrected chi connectivity index (χ2v) is 3.85. The van der Waals surface area contributed by atoms with E-state index in [1.807, 2.05) is 13.0 Å². The van der Waals surface area contributed by atoms with Gasteiger partial charge >= 0.3 is 5.97 Å². The zero-order valence-corrected chi connectivity index (χ0v) is 11.4. The second-order valence-electron chi connectivity index (χ2n) is 3.85. The molecular formula is C15H17NO3. The Morgan fingerprint density at radius 1 is 1.32 bits per heavy atom. The highest BCUT2D eigenvalue weighted by atomic mass is 16.6. The first-order chi connectivity index (χ1) is 9.19. The fourth-order valence-corrected chi connectivity index (χ4v) is 1.48. The maximum Gasteiger partial charge on any atom is 0.339 e. The van der Waals surface area contributed by atoms with Crippen LogP contribution in [0.4, 0.5) is 0 Å². The number of ether oxygens (including phenoxy) is 1. The van der Waals surface area contributed by atoms with Gasteiger partial charge in [-0.3, -0.25) is 0 Å². The van der Waals surface area contributed by atoms with Gasteiger partial charge in [-0.25, -0.2) is 4.79 Å². The van der Waals surface area contributed by atoms with Crippen LogP contribution in [0.5, 0.6) is 0 Å². The summed E-state index contributed by atoms with van der Waals surface area (Å²) in [4.78, 5) is 16.2. The number of nitrogens with zero attached hydrogens (tertiary/aromatic N) is 1. The van der Waals surface area contributed by atoms with Gasteiger partial charge in [0.05, 0.1) is 18.4 Å². The fourth-order valence-electron chi connectivity index (χ4n) is 1.48. The molecule has 0 radical (unpaired) electrons. The summed E-state index contributed by atoms with van der Waals surface area (Å²) in [6.07, 6.45) is 1.40. The minimum absolute atomic E-state index is 0.373. The van der Waals surface area contributed by atoms with E-state index in [1.54, 1.807) is 18.2 Å². The summed E-state index contributed by atoms with van der Waals surface area (Å²) in [6, 6.07) is 7.13. The van der Waals surface area contributed by atoms with Crippen LogP contribution in [-0.2, 0) is 9.57 Å². The zero-order valence-electron chi connectivity index (χ0n) is 11.4. The second kappa shape index (κ2) is 7.93. The molecule has 0 atom stereocenters. The predicted molar refractivity (Wildman–Crippen MR) is 74.0 cm³/mol. The molecule has 100 valence electrons. The van der Waals surface area contributed by atoms with Crippen molar-refractivity contribution < 1.29 is 14.4 Å². The van der Waals surface area contributed by atoms with Gasteiger partial charge in [0, 0.05) is 12.0 Å². The maximum absolute atomic E-state index is 11.5. The van der Waals surface area contributed by atoms with E-state index in [0.29, 0.717) is 17.5 Å². The number of oxime groups is 1. The number of esters is 1. The van der Waals surface area contributed by atoms with Crippen molar-refractivity contribution in [3.05, 3.63) is 35.4 Å². The first-order valence-corrected chi connectivity index (χ1v) is 5.92. The molecule has 4 nitrogen and oxygen atoms in total. The van der Waals surface area contributed by atoms with Crippen molar-refractivity contribution in [3.8, 4) is 11.8 Å². The third-order valence-corrected chi connectivity index (χ3v) is 2.41. The molecule has 0 fully saturated rings.